The number of benzene rings is 1. The van der Waals surface area contributed by atoms with Gasteiger partial charge in [0.1, 0.15) is 5.75 Å². The number of nitrogens with one attached hydrogen (secondary N) is 2. The summed E-state index contributed by atoms with van der Waals surface area (Å²) in [6.45, 7) is 7.11. The predicted octanol–water partition coefficient (Wildman–Crippen LogP) is 3.94. The first-order chi connectivity index (χ1) is 15.2. The first kappa shape index (κ1) is 24.9. The van der Waals surface area contributed by atoms with Gasteiger partial charge in [-0.05, 0) is 62.7 Å². The van der Waals surface area contributed by atoms with Gasteiger partial charge in [-0.1, -0.05) is 24.3 Å². The Balaban J connectivity index is 1.65. The molecule has 0 bridgehead atoms. The Morgan fingerprint density at radius 1 is 1.35 bits per heavy atom. The molecule has 1 aromatic rings. The Morgan fingerprint density at radius 2 is 2.16 bits per heavy atom. The van der Waals surface area contributed by atoms with Gasteiger partial charge in [0.05, 0.1) is 13.0 Å². The Bertz CT molecular complexity index is 801. The average Bonchev–Trinajstić information content (AvgIpc) is 3.15. The number of hydrogen-bond donors (Lipinski definition) is 3. The second kappa shape index (κ2) is 14.6. The molecule has 6 nitrogen and oxygen atoms in total. The van der Waals surface area contributed by atoms with Gasteiger partial charge in [0.15, 0.2) is 0 Å². The smallest absolute Gasteiger partial charge is 0.228 e. The van der Waals surface area contributed by atoms with Crippen molar-refractivity contribution in [3.8, 4) is 5.75 Å². The van der Waals surface area contributed by atoms with E-state index in [2.05, 4.69) is 40.6 Å². The average molecular weight is 444 g/mol. The number of ether oxygens (including phenoxy) is 1. The Hall–Kier alpha value is -2.35. The third kappa shape index (κ3) is 9.55. The van der Waals surface area contributed by atoms with Crippen LogP contribution in [0.4, 0.5) is 0 Å². The molecule has 168 valence electrons. The summed E-state index contributed by atoms with van der Waals surface area (Å²) in [7, 11) is 0. The number of nitrogens with zero attached hydrogens (tertiary/aromatic N) is 1. The van der Waals surface area contributed by atoms with Crippen molar-refractivity contribution >= 4 is 24.4 Å². The van der Waals surface area contributed by atoms with Crippen LogP contribution < -0.4 is 15.4 Å². The summed E-state index contributed by atoms with van der Waals surface area (Å²) in [5, 5.41) is 15.1. The molecule has 1 fully saturated rings. The van der Waals surface area contributed by atoms with Crippen molar-refractivity contribution in [2.75, 3.05) is 25.6 Å². The molecule has 31 heavy (non-hydrogen) atoms. The number of aliphatic imine (C=N–C) groups is 1. The zero-order valence-corrected chi connectivity index (χ0v) is 19.0. The largest absolute Gasteiger partial charge is 0.494 e. The maximum Gasteiger partial charge on any atom is 0.228 e. The normalized spacial score (nSPS) is 16.7. The quantitative estimate of drug-likeness (QED) is 0.230. The molecule has 0 unspecified atom stereocenters. The molecule has 0 atom stereocenters. The van der Waals surface area contributed by atoms with E-state index in [9.17, 15) is 4.79 Å². The fraction of sp³-hybridized carbons (Fsp3) is 0.417. The summed E-state index contributed by atoms with van der Waals surface area (Å²) in [6.07, 6.45) is 9.68. The predicted molar refractivity (Wildman–Crippen MR) is 129 cm³/mol. The number of carbonyl (C=O) groups excluding carboxylic acids is 1. The van der Waals surface area contributed by atoms with Crippen molar-refractivity contribution in [2.24, 2.45) is 4.99 Å². The minimum atomic E-state index is 0.0462. The number of aryl methyl sites for hydroxylation is 1. The number of hydrogen-bond acceptors (Lipinski definition) is 6. The molecule has 2 rings (SSSR count). The van der Waals surface area contributed by atoms with Crippen molar-refractivity contribution in [3.63, 3.8) is 0 Å². The molecule has 1 aliphatic rings. The standard InChI is InChI=1S/C24H33N3O3S/c1-3-23-20(16-24(29)27-23)9-12-22(17-25-2)31-18-26-13-4-6-19-7-10-21(11-8-19)30-15-5-14-28/h3,7-11,17,26,28H,2,4-6,12-16,18H2,1H3,(H,27,29)/b20-9-,22-17-,23-3+. The first-order valence-electron chi connectivity index (χ1n) is 10.6. The summed E-state index contributed by atoms with van der Waals surface area (Å²) >= 11 is 1.71. The lowest BCUT2D eigenvalue weighted by Crippen LogP contribution is -2.15. The number of aliphatic hydroxyl groups is 1. The second-order valence-corrected chi connectivity index (χ2v) is 8.20. The highest BCUT2D eigenvalue weighted by molar-refractivity contribution is 8.03. The van der Waals surface area contributed by atoms with E-state index >= 15 is 0 Å². The van der Waals surface area contributed by atoms with E-state index in [1.165, 1.54) is 5.56 Å². The minimum absolute atomic E-state index is 0.0462. The van der Waals surface area contributed by atoms with Gasteiger partial charge in [0.2, 0.25) is 5.91 Å². The van der Waals surface area contributed by atoms with E-state index in [1.54, 1.807) is 18.0 Å². The van der Waals surface area contributed by atoms with Crippen LogP contribution in [0, 0.1) is 0 Å². The van der Waals surface area contributed by atoms with Crippen LogP contribution in [0.15, 0.2) is 63.8 Å². The van der Waals surface area contributed by atoms with Gasteiger partial charge in [-0.25, -0.2) is 0 Å². The summed E-state index contributed by atoms with van der Waals surface area (Å²) in [5.74, 6) is 1.69. The fourth-order valence-corrected chi connectivity index (χ4v) is 3.88. The third-order valence-electron chi connectivity index (χ3n) is 4.72. The lowest BCUT2D eigenvalue weighted by atomic mass is 10.1. The van der Waals surface area contributed by atoms with Crippen molar-refractivity contribution in [1.29, 1.82) is 0 Å². The number of allylic oxidation sites excluding steroid dienone is 4. The number of aliphatic hydroxyl groups excluding tert-OH is 1. The van der Waals surface area contributed by atoms with Gasteiger partial charge >= 0.3 is 0 Å². The van der Waals surface area contributed by atoms with E-state index in [0.717, 1.165) is 53.6 Å². The Kier molecular flexibility index (Phi) is 11.8. The lowest BCUT2D eigenvalue weighted by molar-refractivity contribution is -0.118. The molecular formula is C24H33N3O3S. The van der Waals surface area contributed by atoms with Gasteiger partial charge in [0.25, 0.3) is 0 Å². The van der Waals surface area contributed by atoms with Gasteiger partial charge in [-0.15, -0.1) is 11.8 Å². The summed E-state index contributed by atoms with van der Waals surface area (Å²) in [6, 6.07) is 8.15. The van der Waals surface area contributed by atoms with E-state index in [4.69, 9.17) is 9.84 Å². The monoisotopic (exact) mass is 443 g/mol. The van der Waals surface area contributed by atoms with Crippen LogP contribution in [0.1, 0.15) is 38.2 Å². The van der Waals surface area contributed by atoms with Gasteiger partial charge in [-0.3, -0.25) is 9.79 Å². The van der Waals surface area contributed by atoms with Gasteiger partial charge in [0, 0.05) is 35.7 Å². The highest BCUT2D eigenvalue weighted by atomic mass is 32.2. The van der Waals surface area contributed by atoms with Crippen LogP contribution in [0.2, 0.25) is 0 Å². The molecule has 1 aliphatic heterocycles. The van der Waals surface area contributed by atoms with Gasteiger partial charge < -0.3 is 20.5 Å². The van der Waals surface area contributed by atoms with Gasteiger partial charge in [-0.2, -0.15) is 0 Å². The highest BCUT2D eigenvalue weighted by Gasteiger charge is 2.19. The third-order valence-corrected chi connectivity index (χ3v) is 5.71. The Morgan fingerprint density at radius 3 is 2.87 bits per heavy atom. The van der Waals surface area contributed by atoms with E-state index < -0.39 is 0 Å². The van der Waals surface area contributed by atoms with Crippen LogP contribution in [0.5, 0.6) is 5.75 Å². The molecule has 3 N–H and O–H groups in total. The van der Waals surface area contributed by atoms with Crippen LogP contribution >= 0.6 is 11.8 Å². The number of amides is 1. The molecule has 7 heteroatoms. The van der Waals surface area contributed by atoms with E-state index in [0.29, 0.717) is 19.4 Å². The topological polar surface area (TPSA) is 83.0 Å². The van der Waals surface area contributed by atoms with E-state index in [-0.39, 0.29) is 12.5 Å². The molecule has 1 saturated heterocycles. The summed E-state index contributed by atoms with van der Waals surface area (Å²) < 4.78 is 5.55. The molecule has 0 aliphatic carbocycles. The fourth-order valence-electron chi connectivity index (χ4n) is 3.10. The maximum absolute atomic E-state index is 11.6. The maximum atomic E-state index is 11.6. The molecule has 0 radical (unpaired) electrons. The molecule has 0 aromatic heterocycles. The SMILES string of the molecule is C=N/C=C(/C/C=C1/CC(=O)N/C1=C/C)SCNCCCc1ccc(OCCCO)cc1. The number of thioether (sulfide) groups is 1. The van der Waals surface area contributed by atoms with Crippen molar-refractivity contribution in [3.05, 3.63) is 64.4 Å². The summed E-state index contributed by atoms with van der Waals surface area (Å²) in [4.78, 5) is 16.6. The van der Waals surface area contributed by atoms with Crippen LogP contribution in [0.25, 0.3) is 0 Å². The van der Waals surface area contributed by atoms with Crippen LogP contribution in [0.3, 0.4) is 0 Å². The zero-order chi connectivity index (χ0) is 22.3. The van der Waals surface area contributed by atoms with Crippen molar-refractivity contribution < 1.29 is 14.6 Å². The molecule has 1 amide bonds. The lowest BCUT2D eigenvalue weighted by Gasteiger charge is -2.08. The zero-order valence-electron chi connectivity index (χ0n) is 18.2. The van der Waals surface area contributed by atoms with Crippen molar-refractivity contribution in [1.82, 2.24) is 10.6 Å². The molecule has 0 saturated carbocycles. The summed E-state index contributed by atoms with van der Waals surface area (Å²) in [5.41, 5.74) is 3.23. The van der Waals surface area contributed by atoms with Crippen molar-refractivity contribution in [2.45, 2.75) is 39.0 Å². The molecule has 1 aromatic carbocycles. The number of carbonyl (C=O) groups is 1. The molecule has 1 heterocycles. The highest BCUT2D eigenvalue weighted by Crippen LogP contribution is 2.24. The molecular weight excluding hydrogens is 410 g/mol. The van der Waals surface area contributed by atoms with Crippen LogP contribution in [-0.2, 0) is 11.2 Å². The molecule has 0 spiro atoms. The minimum Gasteiger partial charge on any atom is -0.494 e. The Labute approximate surface area is 189 Å². The second-order valence-electron chi connectivity index (χ2n) is 7.10. The first-order valence-corrected chi connectivity index (χ1v) is 11.6. The van der Waals surface area contributed by atoms with Crippen LogP contribution in [-0.4, -0.2) is 43.4 Å². The number of rotatable bonds is 14. The van der Waals surface area contributed by atoms with E-state index in [1.807, 2.05) is 25.1 Å².